The Morgan fingerprint density at radius 2 is 1.49 bits per heavy atom. The van der Waals surface area contributed by atoms with Crippen LogP contribution < -0.4 is 19.3 Å². The first-order valence-electron chi connectivity index (χ1n) is 13.4. The van der Waals surface area contributed by atoms with Crippen LogP contribution >= 0.6 is 12.2 Å². The number of methoxy groups -OCH3 is 1. The number of amides is 2. The Kier molecular flexibility index (Phi) is 8.36. The number of hydrogen-bond donors (Lipinski definition) is 1. The largest absolute Gasteiger partial charge is 0.493 e. The summed E-state index contributed by atoms with van der Waals surface area (Å²) >= 11 is 5.72. The van der Waals surface area contributed by atoms with Gasteiger partial charge in [0.25, 0.3) is 11.8 Å². The molecule has 0 unspecified atom stereocenters. The second-order valence-corrected chi connectivity index (χ2v) is 10.3. The molecule has 0 bridgehead atoms. The first-order chi connectivity index (χ1) is 20.7. The number of carbonyl (C=O) groups is 3. The van der Waals surface area contributed by atoms with E-state index in [2.05, 4.69) is 0 Å². The Morgan fingerprint density at radius 3 is 2.12 bits per heavy atom. The highest BCUT2D eigenvalue weighted by molar-refractivity contribution is 7.81. The lowest BCUT2D eigenvalue weighted by Gasteiger charge is -2.36. The van der Waals surface area contributed by atoms with Crippen molar-refractivity contribution in [3.63, 3.8) is 0 Å². The number of carboxylic acids is 1. The minimum atomic E-state index is -1.00. The van der Waals surface area contributed by atoms with Gasteiger partial charge in [-0.05, 0) is 103 Å². The quantitative estimate of drug-likeness (QED) is 0.145. The van der Waals surface area contributed by atoms with E-state index >= 15 is 0 Å². The van der Waals surface area contributed by atoms with Crippen LogP contribution in [0.25, 0.3) is 6.08 Å². The zero-order valence-corrected chi connectivity index (χ0v) is 24.6. The number of hydrogen-bond acceptors (Lipinski definition) is 6. The van der Waals surface area contributed by atoms with Crippen LogP contribution in [0.1, 0.15) is 32.6 Å². The second kappa shape index (κ2) is 12.3. The van der Waals surface area contributed by atoms with Gasteiger partial charge < -0.3 is 14.6 Å². The molecule has 0 aliphatic carbocycles. The number of anilines is 2. The molecular formula is C34H28N2O6S. The Balaban J connectivity index is 1.49. The molecule has 216 valence electrons. The van der Waals surface area contributed by atoms with Crippen LogP contribution in [0, 0.1) is 13.8 Å². The minimum Gasteiger partial charge on any atom is -0.493 e. The van der Waals surface area contributed by atoms with E-state index in [1.165, 1.54) is 35.1 Å². The summed E-state index contributed by atoms with van der Waals surface area (Å²) in [4.78, 5) is 41.6. The summed E-state index contributed by atoms with van der Waals surface area (Å²) in [6, 6.07) is 26.0. The zero-order valence-electron chi connectivity index (χ0n) is 23.7. The van der Waals surface area contributed by atoms with Gasteiger partial charge in [-0.3, -0.25) is 19.4 Å². The highest BCUT2D eigenvalue weighted by Gasteiger charge is 2.41. The molecule has 4 aromatic rings. The van der Waals surface area contributed by atoms with E-state index in [-0.39, 0.29) is 22.9 Å². The minimum absolute atomic E-state index is 0.0649. The number of aryl methyl sites for hydroxylation is 2. The predicted octanol–water partition coefficient (Wildman–Crippen LogP) is 6.34. The highest BCUT2D eigenvalue weighted by Crippen LogP contribution is 2.33. The first-order valence-corrected chi connectivity index (χ1v) is 13.8. The van der Waals surface area contributed by atoms with Gasteiger partial charge in [-0.2, -0.15) is 0 Å². The van der Waals surface area contributed by atoms with Gasteiger partial charge in [0.1, 0.15) is 12.2 Å². The number of nitrogens with zero attached hydrogens (tertiary/aromatic N) is 2. The Labute approximate surface area is 254 Å². The average Bonchev–Trinajstić information content (AvgIpc) is 3.01. The van der Waals surface area contributed by atoms with Crippen LogP contribution in [0.15, 0.2) is 96.6 Å². The van der Waals surface area contributed by atoms with Crippen molar-refractivity contribution in [2.45, 2.75) is 20.5 Å². The molecule has 0 spiro atoms. The maximum atomic E-state index is 13.9. The summed E-state index contributed by atoms with van der Waals surface area (Å²) in [5.41, 5.74) is 4.61. The fourth-order valence-electron chi connectivity index (χ4n) is 4.59. The molecule has 0 atom stereocenters. The van der Waals surface area contributed by atoms with Gasteiger partial charge >= 0.3 is 5.97 Å². The number of aromatic carboxylic acids is 1. The molecule has 8 nitrogen and oxygen atoms in total. The van der Waals surface area contributed by atoms with E-state index in [4.69, 9.17) is 26.8 Å². The number of rotatable bonds is 8. The number of thiocarbonyl (C=S) groups is 1. The first kappa shape index (κ1) is 29.2. The molecular weight excluding hydrogens is 564 g/mol. The number of carbonyl (C=O) groups excluding carboxylic acids is 2. The van der Waals surface area contributed by atoms with E-state index in [0.717, 1.165) is 16.7 Å². The van der Waals surface area contributed by atoms with Gasteiger partial charge in [-0.15, -0.1) is 0 Å². The molecule has 2 amide bonds. The lowest BCUT2D eigenvalue weighted by Crippen LogP contribution is -2.57. The van der Waals surface area contributed by atoms with Crippen molar-refractivity contribution in [2.75, 3.05) is 16.9 Å². The fourth-order valence-corrected chi connectivity index (χ4v) is 4.97. The number of para-hydroxylation sites is 1. The van der Waals surface area contributed by atoms with Gasteiger partial charge in [-0.25, -0.2) is 4.79 Å². The molecule has 1 heterocycles. The second-order valence-electron chi connectivity index (χ2n) is 9.93. The maximum Gasteiger partial charge on any atom is 0.335 e. The van der Waals surface area contributed by atoms with Crippen molar-refractivity contribution in [1.82, 2.24) is 0 Å². The molecule has 4 aromatic carbocycles. The predicted molar refractivity (Wildman–Crippen MR) is 169 cm³/mol. The number of ether oxygens (including phenoxy) is 2. The van der Waals surface area contributed by atoms with E-state index in [1.807, 2.05) is 38.1 Å². The lowest BCUT2D eigenvalue weighted by molar-refractivity contribution is -0.120. The normalized spacial score (nSPS) is 14.3. The SMILES string of the molecule is COc1cc(/C=C2\C(=O)N(c3ccccc3)C(=S)N(c3ccc(C)c(C)c3)C2=O)ccc1OCc1ccc(C(=O)O)cc1. The van der Waals surface area contributed by atoms with E-state index in [0.29, 0.717) is 28.4 Å². The Bertz CT molecular complexity index is 1770. The molecule has 43 heavy (non-hydrogen) atoms. The van der Waals surface area contributed by atoms with Crippen LogP contribution in [0.4, 0.5) is 11.4 Å². The Morgan fingerprint density at radius 1 is 0.814 bits per heavy atom. The smallest absolute Gasteiger partial charge is 0.335 e. The van der Waals surface area contributed by atoms with Crippen molar-refractivity contribution in [3.05, 3.63) is 124 Å². The maximum absolute atomic E-state index is 13.9. The van der Waals surface area contributed by atoms with Crippen molar-refractivity contribution < 1.29 is 29.0 Å². The van der Waals surface area contributed by atoms with Crippen LogP contribution in [-0.2, 0) is 16.2 Å². The fraction of sp³-hybridized carbons (Fsp3) is 0.118. The van der Waals surface area contributed by atoms with E-state index < -0.39 is 17.8 Å². The van der Waals surface area contributed by atoms with Gasteiger partial charge in [0.2, 0.25) is 0 Å². The molecule has 1 saturated heterocycles. The Hall–Kier alpha value is -5.28. The summed E-state index contributed by atoms with van der Waals surface area (Å²) in [5.74, 6) is -1.23. The van der Waals surface area contributed by atoms with E-state index in [9.17, 15) is 14.4 Å². The van der Waals surface area contributed by atoms with Crippen molar-refractivity contribution in [2.24, 2.45) is 0 Å². The summed E-state index contributed by atoms with van der Waals surface area (Å²) in [6.45, 7) is 4.12. The highest BCUT2D eigenvalue weighted by atomic mass is 32.1. The van der Waals surface area contributed by atoms with Crippen LogP contribution in [-0.4, -0.2) is 35.1 Å². The third-order valence-corrected chi connectivity index (χ3v) is 7.47. The van der Waals surface area contributed by atoms with E-state index in [1.54, 1.807) is 54.6 Å². The molecule has 1 aliphatic rings. The van der Waals surface area contributed by atoms with Gasteiger partial charge in [0, 0.05) is 0 Å². The van der Waals surface area contributed by atoms with Crippen molar-refractivity contribution >= 4 is 52.6 Å². The molecule has 0 saturated carbocycles. The molecule has 1 aliphatic heterocycles. The summed E-state index contributed by atoms with van der Waals surface area (Å²) in [5, 5.41) is 9.17. The standard InChI is InChI=1S/C34H28N2O6S/c1-21-9-15-27(17-22(21)2)36-32(38)28(31(37)35(34(36)43)26-7-5-4-6-8-26)18-24-12-16-29(30(19-24)41-3)42-20-23-10-13-25(14-11-23)33(39)40/h4-19H,20H2,1-3H3,(H,39,40)/b28-18+. The topological polar surface area (TPSA) is 96.4 Å². The molecule has 1 fully saturated rings. The van der Waals surface area contributed by atoms with Crippen molar-refractivity contribution in [1.29, 1.82) is 0 Å². The van der Waals surface area contributed by atoms with Crippen LogP contribution in [0.5, 0.6) is 11.5 Å². The number of benzene rings is 4. The molecule has 9 heteroatoms. The third-order valence-electron chi connectivity index (χ3n) is 7.11. The molecule has 0 radical (unpaired) electrons. The van der Waals surface area contributed by atoms with Crippen molar-refractivity contribution in [3.8, 4) is 11.5 Å². The van der Waals surface area contributed by atoms with Crippen LogP contribution in [0.3, 0.4) is 0 Å². The summed E-state index contributed by atoms with van der Waals surface area (Å²) in [7, 11) is 1.49. The average molecular weight is 593 g/mol. The zero-order chi connectivity index (χ0) is 30.7. The molecule has 0 aromatic heterocycles. The van der Waals surface area contributed by atoms with Gasteiger partial charge in [0.05, 0.1) is 24.0 Å². The molecule has 5 rings (SSSR count). The lowest BCUT2D eigenvalue weighted by atomic mass is 10.0. The summed E-state index contributed by atoms with van der Waals surface area (Å²) < 4.78 is 11.5. The summed E-state index contributed by atoms with van der Waals surface area (Å²) in [6.07, 6.45) is 1.52. The number of carboxylic acid groups (broad SMARTS) is 1. The monoisotopic (exact) mass is 592 g/mol. The van der Waals surface area contributed by atoms with Gasteiger partial charge in [0.15, 0.2) is 16.6 Å². The van der Waals surface area contributed by atoms with Crippen LogP contribution in [0.2, 0.25) is 0 Å². The third kappa shape index (κ3) is 6.02. The van der Waals surface area contributed by atoms with Gasteiger partial charge in [-0.1, -0.05) is 42.5 Å². The molecule has 1 N–H and O–H groups in total.